The Morgan fingerprint density at radius 3 is 3.21 bits per heavy atom. The molecule has 1 fully saturated rings. The lowest BCUT2D eigenvalue weighted by molar-refractivity contribution is -0.175. The Kier molecular flexibility index (Phi) is 2.81. The first-order chi connectivity index (χ1) is 9.34. The van der Waals surface area contributed by atoms with Crippen LogP contribution < -0.4 is 5.73 Å². The highest BCUT2D eigenvalue weighted by Crippen LogP contribution is 2.38. The summed E-state index contributed by atoms with van der Waals surface area (Å²) in [6, 6.07) is 8.77. The molecule has 2 aliphatic heterocycles. The van der Waals surface area contributed by atoms with Gasteiger partial charge in [-0.25, -0.2) is 0 Å². The number of thioether (sulfide) groups is 1. The molecule has 0 amide bonds. The number of benzene rings is 1. The zero-order valence-electron chi connectivity index (χ0n) is 10.6. The summed E-state index contributed by atoms with van der Waals surface area (Å²) >= 11 is 1.77. The molecule has 19 heavy (non-hydrogen) atoms. The third kappa shape index (κ3) is 1.80. The molecule has 1 saturated heterocycles. The number of H-pyrrole nitrogens is 1. The molecule has 0 aliphatic carbocycles. The lowest BCUT2D eigenvalue weighted by Gasteiger charge is -2.35. The van der Waals surface area contributed by atoms with Crippen LogP contribution in [0.1, 0.15) is 17.3 Å². The van der Waals surface area contributed by atoms with E-state index in [0.29, 0.717) is 5.94 Å². The van der Waals surface area contributed by atoms with E-state index in [9.17, 15) is 0 Å². The van der Waals surface area contributed by atoms with Crippen LogP contribution in [0.3, 0.4) is 0 Å². The van der Waals surface area contributed by atoms with Gasteiger partial charge in [-0.05, 0) is 18.1 Å². The molecule has 4 nitrogen and oxygen atoms in total. The highest BCUT2D eigenvalue weighted by molar-refractivity contribution is 7.99. The van der Waals surface area contributed by atoms with E-state index in [4.69, 9.17) is 10.6 Å². The molecule has 3 heterocycles. The van der Waals surface area contributed by atoms with Crippen molar-refractivity contribution in [2.75, 3.05) is 18.2 Å². The van der Waals surface area contributed by atoms with E-state index < -0.39 is 0 Å². The van der Waals surface area contributed by atoms with Crippen molar-refractivity contribution in [2.45, 2.75) is 18.5 Å². The quantitative estimate of drug-likeness (QED) is 0.772. The Hall–Kier alpha value is -1.01. The molecule has 0 spiro atoms. The van der Waals surface area contributed by atoms with Gasteiger partial charge in [0.05, 0.1) is 6.04 Å². The van der Waals surface area contributed by atoms with E-state index in [-0.39, 0.29) is 12.1 Å². The number of nitrogens with one attached hydrogen (secondary N) is 1. The summed E-state index contributed by atoms with van der Waals surface area (Å²) in [5, 5.41) is 3.41. The largest absolute Gasteiger partial charge is 0.357 e. The van der Waals surface area contributed by atoms with Crippen molar-refractivity contribution in [1.82, 2.24) is 10.0 Å². The van der Waals surface area contributed by atoms with Crippen LogP contribution in [0, 0.1) is 0 Å². The lowest BCUT2D eigenvalue weighted by atomic mass is 9.95. The van der Waals surface area contributed by atoms with Crippen molar-refractivity contribution in [3.05, 3.63) is 35.5 Å². The first-order valence-electron chi connectivity index (χ1n) is 6.67. The van der Waals surface area contributed by atoms with Crippen LogP contribution in [0.2, 0.25) is 0 Å². The molecule has 2 atom stereocenters. The molecule has 0 unspecified atom stereocenters. The highest BCUT2D eigenvalue weighted by Gasteiger charge is 2.36. The first-order valence-corrected chi connectivity index (χ1v) is 7.82. The molecule has 0 radical (unpaired) electrons. The predicted molar refractivity (Wildman–Crippen MR) is 77.8 cm³/mol. The van der Waals surface area contributed by atoms with Gasteiger partial charge in [0.25, 0.3) is 0 Å². The third-order valence-electron chi connectivity index (χ3n) is 4.05. The molecule has 5 heteroatoms. The fourth-order valence-corrected chi connectivity index (χ4v) is 3.96. The maximum Gasteiger partial charge on any atom is 0.114 e. The lowest BCUT2D eigenvalue weighted by Crippen LogP contribution is -2.44. The zero-order chi connectivity index (χ0) is 12.8. The van der Waals surface area contributed by atoms with Crippen LogP contribution in [0.25, 0.3) is 10.9 Å². The van der Waals surface area contributed by atoms with Crippen LogP contribution in [0.15, 0.2) is 24.3 Å². The van der Waals surface area contributed by atoms with Crippen molar-refractivity contribution >= 4 is 22.7 Å². The molecule has 3 N–H and O–H groups in total. The minimum Gasteiger partial charge on any atom is -0.357 e. The fourth-order valence-electron chi connectivity index (χ4n) is 3.20. The molecule has 1 aromatic carbocycles. The Bertz CT molecular complexity index is 612. The van der Waals surface area contributed by atoms with Gasteiger partial charge in [-0.15, -0.1) is 11.8 Å². The number of hydrogen-bond acceptors (Lipinski definition) is 4. The van der Waals surface area contributed by atoms with Gasteiger partial charge < -0.3 is 10.7 Å². The van der Waals surface area contributed by atoms with Crippen LogP contribution >= 0.6 is 11.8 Å². The molecule has 4 rings (SSSR count). The van der Waals surface area contributed by atoms with Crippen LogP contribution in [-0.2, 0) is 11.3 Å². The molecular weight excluding hydrogens is 258 g/mol. The Labute approximate surface area is 116 Å². The summed E-state index contributed by atoms with van der Waals surface area (Å²) in [4.78, 5) is 9.39. The van der Waals surface area contributed by atoms with Gasteiger partial charge in [0, 0.05) is 34.9 Å². The number of aromatic amines is 1. The summed E-state index contributed by atoms with van der Waals surface area (Å²) < 4.78 is 0. The zero-order valence-corrected chi connectivity index (χ0v) is 11.5. The standard InChI is InChI=1S/C14H17N3OS/c15-11-7-19-8-18-17-6-5-10-9-3-1-2-4-12(9)16-13(10)14(11)17/h1-4,11,14,16H,5-8,15H2/t11-,14+/m1/s1. The number of hydroxylamine groups is 2. The normalized spacial score (nSPS) is 27.8. The molecule has 2 aliphatic rings. The number of para-hydroxylation sites is 1. The summed E-state index contributed by atoms with van der Waals surface area (Å²) in [5.74, 6) is 1.65. The maximum atomic E-state index is 6.36. The number of aromatic nitrogens is 1. The van der Waals surface area contributed by atoms with Crippen molar-refractivity contribution in [2.24, 2.45) is 5.73 Å². The van der Waals surface area contributed by atoms with Gasteiger partial charge >= 0.3 is 0 Å². The Morgan fingerprint density at radius 1 is 1.37 bits per heavy atom. The van der Waals surface area contributed by atoms with E-state index in [0.717, 1.165) is 18.7 Å². The van der Waals surface area contributed by atoms with Crippen molar-refractivity contribution in [3.8, 4) is 0 Å². The number of fused-ring (bicyclic) bond motifs is 5. The number of rotatable bonds is 0. The summed E-state index contributed by atoms with van der Waals surface area (Å²) in [7, 11) is 0. The van der Waals surface area contributed by atoms with Crippen LogP contribution in [-0.4, -0.2) is 34.3 Å². The van der Waals surface area contributed by atoms with Gasteiger partial charge in [-0.2, -0.15) is 5.06 Å². The SMILES string of the molecule is N[C@@H]1CSCON2CCc3c([nH]c4ccccc34)[C@H]12. The minimum absolute atomic E-state index is 0.111. The molecule has 100 valence electrons. The van der Waals surface area contributed by atoms with Gasteiger partial charge in [0.15, 0.2) is 0 Å². The first kappa shape index (κ1) is 11.8. The Balaban J connectivity index is 1.88. The minimum atomic E-state index is 0.111. The van der Waals surface area contributed by atoms with Gasteiger partial charge in [0.2, 0.25) is 0 Å². The van der Waals surface area contributed by atoms with E-state index in [1.807, 2.05) is 0 Å². The van der Waals surface area contributed by atoms with E-state index in [2.05, 4.69) is 34.3 Å². The van der Waals surface area contributed by atoms with Crippen molar-refractivity contribution in [1.29, 1.82) is 0 Å². The topological polar surface area (TPSA) is 54.3 Å². The molecule has 1 aromatic heterocycles. The predicted octanol–water partition coefficient (Wildman–Crippen LogP) is 2.03. The highest BCUT2D eigenvalue weighted by atomic mass is 32.2. The average Bonchev–Trinajstić information content (AvgIpc) is 2.70. The number of nitrogens with zero attached hydrogens (tertiary/aromatic N) is 1. The number of hydrogen-bond donors (Lipinski definition) is 2. The number of nitrogens with two attached hydrogens (primary N) is 1. The fraction of sp³-hybridized carbons (Fsp3) is 0.429. The van der Waals surface area contributed by atoms with E-state index >= 15 is 0 Å². The molecule has 0 saturated carbocycles. The summed E-state index contributed by atoms with van der Waals surface area (Å²) in [6.45, 7) is 0.924. The van der Waals surface area contributed by atoms with E-state index in [1.54, 1.807) is 11.8 Å². The van der Waals surface area contributed by atoms with Gasteiger partial charge in [-0.3, -0.25) is 4.84 Å². The molecule has 2 aromatic rings. The molecule has 0 bridgehead atoms. The van der Waals surface area contributed by atoms with Gasteiger partial charge in [0.1, 0.15) is 5.94 Å². The second kappa shape index (κ2) is 4.52. The maximum absolute atomic E-state index is 6.36. The second-order valence-electron chi connectivity index (χ2n) is 5.18. The molecular formula is C14H17N3OS. The van der Waals surface area contributed by atoms with Crippen molar-refractivity contribution in [3.63, 3.8) is 0 Å². The van der Waals surface area contributed by atoms with Crippen LogP contribution in [0.5, 0.6) is 0 Å². The summed E-state index contributed by atoms with van der Waals surface area (Å²) in [6.07, 6.45) is 1.02. The average molecular weight is 275 g/mol. The third-order valence-corrected chi connectivity index (χ3v) is 4.95. The van der Waals surface area contributed by atoms with Gasteiger partial charge in [-0.1, -0.05) is 18.2 Å². The Morgan fingerprint density at radius 2 is 2.26 bits per heavy atom. The smallest absolute Gasteiger partial charge is 0.114 e. The summed E-state index contributed by atoms with van der Waals surface area (Å²) in [5.41, 5.74) is 10.2. The van der Waals surface area contributed by atoms with Crippen molar-refractivity contribution < 1.29 is 4.84 Å². The monoisotopic (exact) mass is 275 g/mol. The van der Waals surface area contributed by atoms with E-state index in [1.165, 1.54) is 22.2 Å². The van der Waals surface area contributed by atoms with Crippen LogP contribution in [0.4, 0.5) is 0 Å². The second-order valence-corrected chi connectivity index (χ2v) is 6.16.